The standard InChI is InChI=1S/C13H16ClFO/c14-12-6-2-4-10(13(12)15)7-9-3-1-5-11(16)8-9/h2,4,6,9,11,16H,1,3,5,7-8H2. The first kappa shape index (κ1) is 11.9. The van der Waals surface area contributed by atoms with Crippen molar-refractivity contribution < 1.29 is 9.50 Å². The summed E-state index contributed by atoms with van der Waals surface area (Å²) in [6.07, 6.45) is 4.25. The van der Waals surface area contributed by atoms with Crippen LogP contribution >= 0.6 is 11.6 Å². The van der Waals surface area contributed by atoms with Crippen LogP contribution in [0.15, 0.2) is 18.2 Å². The first-order chi connectivity index (χ1) is 7.66. The van der Waals surface area contributed by atoms with Gasteiger partial charge in [-0.25, -0.2) is 4.39 Å². The molecule has 1 aliphatic rings. The van der Waals surface area contributed by atoms with Gasteiger partial charge in [-0.05, 0) is 43.2 Å². The molecule has 2 unspecified atom stereocenters. The Balaban J connectivity index is 2.05. The predicted molar refractivity (Wildman–Crippen MR) is 63.1 cm³/mol. The second kappa shape index (κ2) is 5.15. The van der Waals surface area contributed by atoms with E-state index < -0.39 is 0 Å². The highest BCUT2D eigenvalue weighted by atomic mass is 35.5. The van der Waals surface area contributed by atoms with Gasteiger partial charge in [0.05, 0.1) is 11.1 Å². The molecule has 1 saturated carbocycles. The molecular weight excluding hydrogens is 227 g/mol. The van der Waals surface area contributed by atoms with Crippen LogP contribution in [0.4, 0.5) is 4.39 Å². The second-order valence-electron chi connectivity index (χ2n) is 4.60. The molecule has 0 aliphatic heterocycles. The van der Waals surface area contributed by atoms with Gasteiger partial charge in [-0.15, -0.1) is 0 Å². The molecule has 2 atom stereocenters. The molecule has 0 bridgehead atoms. The van der Waals surface area contributed by atoms with E-state index in [1.54, 1.807) is 18.2 Å². The van der Waals surface area contributed by atoms with Crippen molar-refractivity contribution in [3.05, 3.63) is 34.6 Å². The van der Waals surface area contributed by atoms with E-state index in [2.05, 4.69) is 0 Å². The lowest BCUT2D eigenvalue weighted by Gasteiger charge is -2.26. The maximum atomic E-state index is 13.7. The van der Waals surface area contributed by atoms with Crippen molar-refractivity contribution in [1.82, 2.24) is 0 Å². The molecule has 1 fully saturated rings. The van der Waals surface area contributed by atoms with Gasteiger partial charge in [0, 0.05) is 0 Å². The minimum Gasteiger partial charge on any atom is -0.393 e. The van der Waals surface area contributed by atoms with Crippen LogP contribution in [0.3, 0.4) is 0 Å². The van der Waals surface area contributed by atoms with Crippen molar-refractivity contribution in [2.24, 2.45) is 5.92 Å². The Morgan fingerprint density at radius 3 is 2.94 bits per heavy atom. The van der Waals surface area contributed by atoms with E-state index in [0.29, 0.717) is 17.9 Å². The Bertz CT molecular complexity index is 367. The SMILES string of the molecule is OC1CCCC(Cc2cccc(Cl)c2F)C1. The van der Waals surface area contributed by atoms with Crippen molar-refractivity contribution in [1.29, 1.82) is 0 Å². The number of aliphatic hydroxyl groups excluding tert-OH is 1. The largest absolute Gasteiger partial charge is 0.393 e. The van der Waals surface area contributed by atoms with Crippen LogP contribution in [0, 0.1) is 11.7 Å². The molecule has 1 aromatic carbocycles. The van der Waals surface area contributed by atoms with Crippen LogP contribution in [-0.4, -0.2) is 11.2 Å². The van der Waals surface area contributed by atoms with Crippen molar-refractivity contribution in [2.45, 2.75) is 38.2 Å². The molecule has 0 aromatic heterocycles. The molecule has 1 aromatic rings. The third-order valence-electron chi connectivity index (χ3n) is 3.30. The fourth-order valence-electron chi connectivity index (χ4n) is 2.47. The molecule has 1 aliphatic carbocycles. The van der Waals surface area contributed by atoms with Crippen LogP contribution < -0.4 is 0 Å². The van der Waals surface area contributed by atoms with Crippen LogP contribution in [0.2, 0.25) is 5.02 Å². The zero-order valence-corrected chi connectivity index (χ0v) is 9.88. The van der Waals surface area contributed by atoms with Gasteiger partial charge < -0.3 is 5.11 Å². The summed E-state index contributed by atoms with van der Waals surface area (Å²) in [5, 5.41) is 9.75. The van der Waals surface area contributed by atoms with E-state index in [4.69, 9.17) is 11.6 Å². The number of rotatable bonds is 2. The maximum Gasteiger partial charge on any atom is 0.144 e. The Labute approximate surface area is 100 Å². The Kier molecular flexibility index (Phi) is 3.82. The van der Waals surface area contributed by atoms with Crippen LogP contribution in [0.25, 0.3) is 0 Å². The molecule has 0 radical (unpaired) electrons. The van der Waals surface area contributed by atoms with Crippen LogP contribution in [0.1, 0.15) is 31.2 Å². The first-order valence-electron chi connectivity index (χ1n) is 5.77. The number of halogens is 2. The lowest BCUT2D eigenvalue weighted by molar-refractivity contribution is 0.101. The zero-order valence-electron chi connectivity index (χ0n) is 9.13. The highest BCUT2D eigenvalue weighted by molar-refractivity contribution is 6.30. The summed E-state index contributed by atoms with van der Waals surface area (Å²) in [7, 11) is 0. The maximum absolute atomic E-state index is 13.7. The van der Waals surface area contributed by atoms with Gasteiger partial charge in [-0.1, -0.05) is 30.2 Å². The summed E-state index contributed by atoms with van der Waals surface area (Å²) in [6, 6.07) is 5.12. The Hall–Kier alpha value is -0.600. The topological polar surface area (TPSA) is 20.2 Å². The van der Waals surface area contributed by atoms with E-state index in [0.717, 1.165) is 25.7 Å². The lowest BCUT2D eigenvalue weighted by atomic mass is 9.83. The summed E-state index contributed by atoms with van der Waals surface area (Å²) in [6.45, 7) is 0. The molecule has 0 saturated heterocycles. The van der Waals surface area contributed by atoms with E-state index in [1.807, 2.05) is 0 Å². The highest BCUT2D eigenvalue weighted by Gasteiger charge is 2.21. The molecular formula is C13H16ClFO. The molecule has 0 spiro atoms. The fraction of sp³-hybridized carbons (Fsp3) is 0.538. The summed E-state index contributed by atoms with van der Waals surface area (Å²) < 4.78 is 13.7. The van der Waals surface area contributed by atoms with E-state index in [-0.39, 0.29) is 16.9 Å². The number of hydrogen-bond donors (Lipinski definition) is 1. The van der Waals surface area contributed by atoms with Gasteiger partial charge in [0.25, 0.3) is 0 Å². The molecule has 16 heavy (non-hydrogen) atoms. The van der Waals surface area contributed by atoms with Gasteiger partial charge >= 0.3 is 0 Å². The number of aliphatic hydroxyl groups is 1. The van der Waals surface area contributed by atoms with Crippen molar-refractivity contribution >= 4 is 11.6 Å². The van der Waals surface area contributed by atoms with E-state index in [1.165, 1.54) is 0 Å². The summed E-state index contributed by atoms with van der Waals surface area (Å²) in [5.74, 6) is 0.0842. The molecule has 1 N–H and O–H groups in total. The van der Waals surface area contributed by atoms with Gasteiger partial charge in [-0.3, -0.25) is 0 Å². The number of benzene rings is 1. The minimum atomic E-state index is -0.302. The van der Waals surface area contributed by atoms with Gasteiger partial charge in [0.1, 0.15) is 5.82 Å². The monoisotopic (exact) mass is 242 g/mol. The quantitative estimate of drug-likeness (QED) is 0.841. The van der Waals surface area contributed by atoms with Gasteiger partial charge in [0.15, 0.2) is 0 Å². The molecule has 1 nitrogen and oxygen atoms in total. The normalized spacial score (nSPS) is 25.7. The first-order valence-corrected chi connectivity index (χ1v) is 6.15. The zero-order chi connectivity index (χ0) is 11.5. The van der Waals surface area contributed by atoms with Crippen molar-refractivity contribution in [3.63, 3.8) is 0 Å². The summed E-state index contributed by atoms with van der Waals surface area (Å²) in [5.41, 5.74) is 0.673. The van der Waals surface area contributed by atoms with Crippen LogP contribution in [0.5, 0.6) is 0 Å². The average molecular weight is 243 g/mol. The fourth-order valence-corrected chi connectivity index (χ4v) is 2.66. The summed E-state index contributed by atoms with van der Waals surface area (Å²) in [4.78, 5) is 0. The van der Waals surface area contributed by atoms with E-state index >= 15 is 0 Å². The highest BCUT2D eigenvalue weighted by Crippen LogP contribution is 2.29. The summed E-state index contributed by atoms with van der Waals surface area (Å²) >= 11 is 5.74. The Morgan fingerprint density at radius 1 is 1.38 bits per heavy atom. The third-order valence-corrected chi connectivity index (χ3v) is 3.59. The third kappa shape index (κ3) is 2.74. The van der Waals surface area contributed by atoms with Crippen LogP contribution in [-0.2, 0) is 6.42 Å². The predicted octanol–water partition coefficient (Wildman–Crippen LogP) is 3.57. The second-order valence-corrected chi connectivity index (χ2v) is 5.01. The molecule has 88 valence electrons. The Morgan fingerprint density at radius 2 is 2.19 bits per heavy atom. The average Bonchev–Trinajstić information content (AvgIpc) is 2.25. The molecule has 0 heterocycles. The van der Waals surface area contributed by atoms with E-state index in [9.17, 15) is 9.50 Å². The minimum absolute atomic E-state index is 0.189. The van der Waals surface area contributed by atoms with Crippen molar-refractivity contribution in [2.75, 3.05) is 0 Å². The van der Waals surface area contributed by atoms with Gasteiger partial charge in [0.2, 0.25) is 0 Å². The smallest absolute Gasteiger partial charge is 0.144 e. The molecule has 0 amide bonds. The lowest BCUT2D eigenvalue weighted by Crippen LogP contribution is -2.21. The number of hydrogen-bond acceptors (Lipinski definition) is 1. The van der Waals surface area contributed by atoms with Gasteiger partial charge in [-0.2, -0.15) is 0 Å². The molecule has 2 rings (SSSR count). The molecule has 3 heteroatoms. The van der Waals surface area contributed by atoms with Crippen molar-refractivity contribution in [3.8, 4) is 0 Å².